The zero-order valence-corrected chi connectivity index (χ0v) is 19.0. The first-order valence-corrected chi connectivity index (χ1v) is 10.9. The third-order valence-corrected chi connectivity index (χ3v) is 5.50. The highest BCUT2D eigenvalue weighted by molar-refractivity contribution is 6.03. The lowest BCUT2D eigenvalue weighted by atomic mass is 10.1. The number of anilines is 3. The molecule has 1 aliphatic rings. The van der Waals surface area contributed by atoms with Gasteiger partial charge in [-0.2, -0.15) is 23.3 Å². The van der Waals surface area contributed by atoms with E-state index in [-0.39, 0.29) is 11.9 Å². The number of aryl methyl sites for hydroxylation is 1. The number of aromatic nitrogens is 5. The normalized spacial score (nSPS) is 15.8. The largest absolute Gasteiger partial charge is 0.433 e. The standard InChI is InChI=1S/C22H25F3N8O/c1-4-7-33-14(3)20(34)30-18-13(2)29-21(31-19(18)33)27-9-16-10-28-32(12-16)11-15-5-6-17(26-8-15)22(23,24)25/h5-6,8,10,12,14H,4,7,9,11H2,1-3H3,(H,30,34)(H,27,29,31)/t14-/m0/s1. The predicted octanol–water partition coefficient (Wildman–Crippen LogP) is 3.61. The Morgan fingerprint density at radius 1 is 1.18 bits per heavy atom. The Kier molecular flexibility index (Phi) is 6.40. The Hall–Kier alpha value is -3.70. The molecular formula is C22H25F3N8O. The number of nitrogens with one attached hydrogen (secondary N) is 2. The zero-order valence-electron chi connectivity index (χ0n) is 19.0. The van der Waals surface area contributed by atoms with Crippen LogP contribution in [-0.4, -0.2) is 43.2 Å². The molecule has 34 heavy (non-hydrogen) atoms. The van der Waals surface area contributed by atoms with Gasteiger partial charge in [0, 0.05) is 31.0 Å². The van der Waals surface area contributed by atoms with E-state index in [1.807, 2.05) is 25.7 Å². The quantitative estimate of drug-likeness (QED) is 0.540. The molecule has 0 fully saturated rings. The molecule has 4 rings (SSSR count). The van der Waals surface area contributed by atoms with Gasteiger partial charge in [0.05, 0.1) is 18.4 Å². The second kappa shape index (κ2) is 9.27. The molecule has 0 aromatic carbocycles. The van der Waals surface area contributed by atoms with Crippen molar-refractivity contribution in [3.8, 4) is 0 Å². The first-order valence-electron chi connectivity index (χ1n) is 10.9. The van der Waals surface area contributed by atoms with Gasteiger partial charge in [-0.05, 0) is 31.9 Å². The summed E-state index contributed by atoms with van der Waals surface area (Å²) in [6, 6.07) is 2.02. The Balaban J connectivity index is 1.44. The van der Waals surface area contributed by atoms with Gasteiger partial charge in [-0.15, -0.1) is 0 Å². The lowest BCUT2D eigenvalue weighted by molar-refractivity contribution is -0.141. The van der Waals surface area contributed by atoms with Crippen LogP contribution < -0.4 is 15.5 Å². The van der Waals surface area contributed by atoms with Crippen molar-refractivity contribution >= 4 is 23.4 Å². The molecular weight excluding hydrogens is 449 g/mol. The molecule has 180 valence electrons. The van der Waals surface area contributed by atoms with Crippen LogP contribution in [0.15, 0.2) is 30.7 Å². The molecule has 4 heterocycles. The molecule has 12 heteroatoms. The molecule has 3 aromatic heterocycles. The molecule has 0 saturated carbocycles. The molecule has 0 saturated heterocycles. The summed E-state index contributed by atoms with van der Waals surface area (Å²) in [5, 5.41) is 10.3. The molecule has 1 aliphatic heterocycles. The molecule has 1 atom stereocenters. The van der Waals surface area contributed by atoms with Crippen LogP contribution in [0.5, 0.6) is 0 Å². The van der Waals surface area contributed by atoms with E-state index in [9.17, 15) is 18.0 Å². The van der Waals surface area contributed by atoms with Gasteiger partial charge < -0.3 is 15.5 Å². The van der Waals surface area contributed by atoms with Crippen molar-refractivity contribution in [2.75, 3.05) is 22.1 Å². The summed E-state index contributed by atoms with van der Waals surface area (Å²) in [5.41, 5.74) is 1.83. The van der Waals surface area contributed by atoms with Crippen molar-refractivity contribution in [2.24, 2.45) is 0 Å². The van der Waals surface area contributed by atoms with Crippen LogP contribution in [0.3, 0.4) is 0 Å². The number of pyridine rings is 1. The maximum atomic E-state index is 12.7. The van der Waals surface area contributed by atoms with E-state index in [1.54, 1.807) is 17.1 Å². The average molecular weight is 474 g/mol. The summed E-state index contributed by atoms with van der Waals surface area (Å²) in [7, 11) is 0. The van der Waals surface area contributed by atoms with Crippen LogP contribution in [0.1, 0.15) is 42.8 Å². The zero-order chi connectivity index (χ0) is 24.5. The van der Waals surface area contributed by atoms with Crippen LogP contribution in [0, 0.1) is 6.92 Å². The Morgan fingerprint density at radius 3 is 2.65 bits per heavy atom. The average Bonchev–Trinajstić information content (AvgIpc) is 3.23. The third-order valence-electron chi connectivity index (χ3n) is 5.50. The van der Waals surface area contributed by atoms with E-state index in [2.05, 4.69) is 30.7 Å². The molecule has 0 aliphatic carbocycles. The number of carbonyl (C=O) groups excluding carboxylic acids is 1. The summed E-state index contributed by atoms with van der Waals surface area (Å²) < 4.78 is 39.6. The van der Waals surface area contributed by atoms with Crippen LogP contribution in [-0.2, 0) is 24.1 Å². The first-order chi connectivity index (χ1) is 16.2. The fourth-order valence-electron chi connectivity index (χ4n) is 3.72. The summed E-state index contributed by atoms with van der Waals surface area (Å²) in [5.74, 6) is 1.04. The number of nitrogens with zero attached hydrogens (tertiary/aromatic N) is 6. The molecule has 9 nitrogen and oxygen atoms in total. The molecule has 0 radical (unpaired) electrons. The van der Waals surface area contributed by atoms with E-state index < -0.39 is 11.9 Å². The van der Waals surface area contributed by atoms with Gasteiger partial charge in [-0.25, -0.2) is 4.98 Å². The van der Waals surface area contributed by atoms with Crippen molar-refractivity contribution < 1.29 is 18.0 Å². The van der Waals surface area contributed by atoms with Crippen molar-refractivity contribution in [3.63, 3.8) is 0 Å². The molecule has 2 N–H and O–H groups in total. The highest BCUT2D eigenvalue weighted by Gasteiger charge is 2.33. The summed E-state index contributed by atoms with van der Waals surface area (Å²) in [6.45, 7) is 7.11. The van der Waals surface area contributed by atoms with E-state index in [0.717, 1.165) is 18.1 Å². The van der Waals surface area contributed by atoms with Gasteiger partial charge in [0.25, 0.3) is 0 Å². The SMILES string of the molecule is CCCN1c2nc(NCc3cnn(Cc4ccc(C(F)(F)F)nc4)c3)nc(C)c2NC(=O)[C@@H]1C. The molecule has 0 unspecified atom stereocenters. The van der Waals surface area contributed by atoms with E-state index in [4.69, 9.17) is 0 Å². The maximum absolute atomic E-state index is 12.7. The first kappa shape index (κ1) is 23.5. The van der Waals surface area contributed by atoms with Crippen LogP contribution >= 0.6 is 0 Å². The topological polar surface area (TPSA) is 101 Å². The van der Waals surface area contributed by atoms with Crippen LogP contribution in [0.25, 0.3) is 0 Å². The number of halogens is 3. The Labute approximate surface area is 194 Å². The molecule has 0 spiro atoms. The van der Waals surface area contributed by atoms with E-state index in [0.29, 0.717) is 48.3 Å². The fraction of sp³-hybridized carbons (Fsp3) is 0.409. The maximum Gasteiger partial charge on any atom is 0.433 e. The number of carbonyl (C=O) groups is 1. The van der Waals surface area contributed by atoms with Gasteiger partial charge in [0.2, 0.25) is 11.9 Å². The second-order valence-corrected chi connectivity index (χ2v) is 8.14. The van der Waals surface area contributed by atoms with Gasteiger partial charge in [-0.1, -0.05) is 13.0 Å². The monoisotopic (exact) mass is 474 g/mol. The highest BCUT2D eigenvalue weighted by atomic mass is 19.4. The number of amides is 1. The van der Waals surface area contributed by atoms with Gasteiger partial charge in [0.15, 0.2) is 5.82 Å². The number of rotatable bonds is 7. The fourth-order valence-corrected chi connectivity index (χ4v) is 3.72. The van der Waals surface area contributed by atoms with Crippen molar-refractivity contribution in [1.29, 1.82) is 0 Å². The summed E-state index contributed by atoms with van der Waals surface area (Å²) >= 11 is 0. The number of fused-ring (bicyclic) bond motifs is 1. The van der Waals surface area contributed by atoms with E-state index >= 15 is 0 Å². The molecule has 0 bridgehead atoms. The Bertz CT molecular complexity index is 1180. The van der Waals surface area contributed by atoms with Gasteiger partial charge in [0.1, 0.15) is 17.4 Å². The lowest BCUT2D eigenvalue weighted by Gasteiger charge is -2.35. The van der Waals surface area contributed by atoms with Crippen LogP contribution in [0.2, 0.25) is 0 Å². The van der Waals surface area contributed by atoms with E-state index in [1.165, 1.54) is 12.3 Å². The summed E-state index contributed by atoms with van der Waals surface area (Å²) in [6.07, 6.45) is 1.07. The van der Waals surface area contributed by atoms with Gasteiger partial charge in [-0.3, -0.25) is 14.5 Å². The van der Waals surface area contributed by atoms with Crippen LogP contribution in [0.4, 0.5) is 30.6 Å². The molecule has 1 amide bonds. The Morgan fingerprint density at radius 2 is 1.97 bits per heavy atom. The highest BCUT2D eigenvalue weighted by Crippen LogP contribution is 2.33. The minimum atomic E-state index is -4.46. The lowest BCUT2D eigenvalue weighted by Crippen LogP contribution is -2.47. The third kappa shape index (κ3) is 4.95. The second-order valence-electron chi connectivity index (χ2n) is 8.14. The van der Waals surface area contributed by atoms with Crippen molar-refractivity contribution in [1.82, 2.24) is 24.7 Å². The van der Waals surface area contributed by atoms with Gasteiger partial charge >= 0.3 is 6.18 Å². The minimum absolute atomic E-state index is 0.0796. The van der Waals surface area contributed by atoms with Crippen molar-refractivity contribution in [2.45, 2.75) is 52.5 Å². The minimum Gasteiger partial charge on any atom is -0.350 e. The number of hydrogen-bond acceptors (Lipinski definition) is 7. The number of hydrogen-bond donors (Lipinski definition) is 2. The van der Waals surface area contributed by atoms with Crippen molar-refractivity contribution in [3.05, 3.63) is 53.2 Å². The summed E-state index contributed by atoms with van der Waals surface area (Å²) in [4.78, 5) is 26.9. The number of alkyl halides is 3. The molecule has 3 aromatic rings. The smallest absolute Gasteiger partial charge is 0.350 e. The predicted molar refractivity (Wildman–Crippen MR) is 120 cm³/mol.